The van der Waals surface area contributed by atoms with E-state index in [4.69, 9.17) is 9.72 Å². The van der Waals surface area contributed by atoms with Gasteiger partial charge in [-0.1, -0.05) is 12.1 Å². The third kappa shape index (κ3) is 4.77. The summed E-state index contributed by atoms with van der Waals surface area (Å²) in [7, 11) is 3.75. The number of methoxy groups -OCH3 is 1. The largest absolute Gasteiger partial charge is 0.497 e. The number of aromatic nitrogens is 1. The topological polar surface area (TPSA) is 46.9 Å². The van der Waals surface area contributed by atoms with Crippen LogP contribution in [-0.2, 0) is 11.3 Å². The molecule has 1 unspecified atom stereocenters. The van der Waals surface area contributed by atoms with Gasteiger partial charge in [0, 0.05) is 24.6 Å². The van der Waals surface area contributed by atoms with Crippen molar-refractivity contribution in [2.45, 2.75) is 25.3 Å². The third-order valence-corrected chi connectivity index (χ3v) is 6.75. The van der Waals surface area contributed by atoms with Crippen molar-refractivity contribution in [3.8, 4) is 5.75 Å². The average Bonchev–Trinajstić information content (AvgIpc) is 3.19. The maximum Gasteiger partial charge on any atom is 0.277 e. The Labute approximate surface area is 175 Å². The minimum Gasteiger partial charge on any atom is -0.497 e. The Morgan fingerprint density at radius 2 is 2.03 bits per heavy atom. The number of hydrogen-bond donors (Lipinski definition) is 1. The lowest BCUT2D eigenvalue weighted by Gasteiger charge is -2.32. The summed E-state index contributed by atoms with van der Waals surface area (Å²) in [5, 5.41) is 1.17. The van der Waals surface area contributed by atoms with Crippen molar-refractivity contribution in [1.29, 1.82) is 0 Å². The number of hydrogen-bond acceptors (Lipinski definition) is 4. The molecule has 1 aliphatic heterocycles. The molecule has 2 heterocycles. The van der Waals surface area contributed by atoms with Crippen LogP contribution in [0.25, 0.3) is 10.2 Å². The highest BCUT2D eigenvalue weighted by atomic mass is 32.1. The van der Waals surface area contributed by atoms with Gasteiger partial charge in [-0.2, -0.15) is 0 Å². The minimum absolute atomic E-state index is 0.238. The summed E-state index contributed by atoms with van der Waals surface area (Å²) in [6, 6.07) is 16.4. The molecule has 1 saturated heterocycles. The first-order valence-corrected chi connectivity index (χ1v) is 11.0. The number of rotatable bonds is 6. The molecule has 4 rings (SSSR count). The van der Waals surface area contributed by atoms with Gasteiger partial charge >= 0.3 is 0 Å². The van der Waals surface area contributed by atoms with Crippen LogP contribution >= 0.6 is 11.3 Å². The lowest BCUT2D eigenvalue weighted by molar-refractivity contribution is -0.885. The molecule has 5 nitrogen and oxygen atoms in total. The Morgan fingerprint density at radius 3 is 2.79 bits per heavy atom. The molecule has 1 aliphatic rings. The molecule has 2 aromatic carbocycles. The number of fused-ring (bicyclic) bond motifs is 1. The van der Waals surface area contributed by atoms with Gasteiger partial charge < -0.3 is 14.5 Å². The maximum absolute atomic E-state index is 12.9. The van der Waals surface area contributed by atoms with Gasteiger partial charge in [0.15, 0.2) is 6.54 Å². The van der Waals surface area contributed by atoms with E-state index in [1.165, 1.54) is 20.2 Å². The van der Waals surface area contributed by atoms with E-state index in [2.05, 4.69) is 37.4 Å². The van der Waals surface area contributed by atoms with E-state index in [-0.39, 0.29) is 5.91 Å². The number of nitrogens with zero attached hydrogens (tertiary/aromatic N) is 2. The maximum atomic E-state index is 12.9. The van der Waals surface area contributed by atoms with E-state index in [0.29, 0.717) is 12.5 Å². The van der Waals surface area contributed by atoms with Crippen molar-refractivity contribution in [2.75, 3.05) is 33.8 Å². The quantitative estimate of drug-likeness (QED) is 0.680. The van der Waals surface area contributed by atoms with Crippen LogP contribution in [0, 0.1) is 0 Å². The number of piperidine rings is 1. The zero-order valence-corrected chi connectivity index (χ0v) is 17.9. The fourth-order valence-corrected chi connectivity index (χ4v) is 5.09. The zero-order valence-electron chi connectivity index (χ0n) is 17.1. The predicted molar refractivity (Wildman–Crippen MR) is 117 cm³/mol. The van der Waals surface area contributed by atoms with Crippen LogP contribution < -0.4 is 9.64 Å². The number of carbonyl (C=O) groups excluding carboxylic acids is 1. The predicted octanol–water partition coefficient (Wildman–Crippen LogP) is 2.73. The molecule has 2 atom stereocenters. The van der Waals surface area contributed by atoms with Crippen LogP contribution in [0.4, 0.5) is 0 Å². The van der Waals surface area contributed by atoms with E-state index in [1.54, 1.807) is 18.4 Å². The number of ether oxygens (including phenoxy) is 1. The molecule has 1 amide bonds. The van der Waals surface area contributed by atoms with Gasteiger partial charge in [-0.05, 0) is 49.2 Å². The summed E-state index contributed by atoms with van der Waals surface area (Å²) in [5.41, 5.74) is 2.28. The van der Waals surface area contributed by atoms with Gasteiger partial charge in [0.2, 0.25) is 0 Å². The Kier molecular flexibility index (Phi) is 6.11. The first-order chi connectivity index (χ1) is 14.1. The molecular weight excluding hydrogens is 382 g/mol. The van der Waals surface area contributed by atoms with E-state index in [0.717, 1.165) is 43.7 Å². The highest BCUT2D eigenvalue weighted by molar-refractivity contribution is 7.18. The fourth-order valence-electron chi connectivity index (χ4n) is 3.99. The number of likely N-dealkylation sites (tertiary alicyclic amines) is 1. The smallest absolute Gasteiger partial charge is 0.277 e. The summed E-state index contributed by atoms with van der Waals surface area (Å²) in [5.74, 6) is 1.45. The molecule has 3 aromatic rings. The molecule has 0 aliphatic carbocycles. The highest BCUT2D eigenvalue weighted by Crippen LogP contribution is 2.32. The van der Waals surface area contributed by atoms with E-state index >= 15 is 0 Å². The normalized spacial score (nSPS) is 18.0. The molecule has 6 heteroatoms. The molecule has 1 N–H and O–H groups in total. The number of para-hydroxylation sites is 1. The Balaban J connectivity index is 1.35. The average molecular weight is 411 g/mol. The molecule has 152 valence electrons. The van der Waals surface area contributed by atoms with Gasteiger partial charge in [-0.3, -0.25) is 4.79 Å². The van der Waals surface area contributed by atoms with Crippen molar-refractivity contribution >= 4 is 27.5 Å². The summed E-state index contributed by atoms with van der Waals surface area (Å²) >= 11 is 1.77. The van der Waals surface area contributed by atoms with Crippen LogP contribution in [0.2, 0.25) is 0 Å². The molecule has 0 radical (unpaired) electrons. The zero-order chi connectivity index (χ0) is 20.2. The van der Waals surface area contributed by atoms with Crippen LogP contribution in [0.5, 0.6) is 5.75 Å². The molecule has 29 heavy (non-hydrogen) atoms. The molecule has 1 aromatic heterocycles. The van der Waals surface area contributed by atoms with Crippen molar-refractivity contribution in [1.82, 2.24) is 9.88 Å². The number of carbonyl (C=O) groups is 1. The number of thiazole rings is 1. The summed E-state index contributed by atoms with van der Waals surface area (Å²) < 4.78 is 6.44. The molecule has 1 fully saturated rings. The number of quaternary nitrogens is 1. The van der Waals surface area contributed by atoms with Gasteiger partial charge in [-0.25, -0.2) is 4.98 Å². The van der Waals surface area contributed by atoms with E-state index < -0.39 is 0 Å². The van der Waals surface area contributed by atoms with E-state index in [9.17, 15) is 4.79 Å². The monoisotopic (exact) mass is 410 g/mol. The fraction of sp³-hybridized carbons (Fsp3) is 0.391. The lowest BCUT2D eigenvalue weighted by atomic mass is 9.98. The second kappa shape index (κ2) is 8.93. The second-order valence-corrected chi connectivity index (χ2v) is 8.92. The number of nitrogens with one attached hydrogen (secondary N) is 1. The summed E-state index contributed by atoms with van der Waals surface area (Å²) in [4.78, 5) is 21.0. The second-order valence-electron chi connectivity index (χ2n) is 7.86. The van der Waals surface area contributed by atoms with Crippen molar-refractivity contribution < 1.29 is 14.4 Å². The Bertz CT molecular complexity index is 937. The SMILES string of the molecule is COc1ccc(C[NH+](C)CC(=O)N2CCC[C@@H](c3nc4ccccc4s3)C2)cc1. The highest BCUT2D eigenvalue weighted by Gasteiger charge is 2.28. The van der Waals surface area contributed by atoms with Gasteiger partial charge in [0.1, 0.15) is 12.3 Å². The summed E-state index contributed by atoms with van der Waals surface area (Å²) in [6.07, 6.45) is 2.15. The van der Waals surface area contributed by atoms with Crippen molar-refractivity contribution in [3.63, 3.8) is 0 Å². The number of amides is 1. The summed E-state index contributed by atoms with van der Waals surface area (Å²) in [6.45, 7) is 2.98. The first kappa shape index (κ1) is 19.9. The van der Waals surface area contributed by atoms with Crippen LogP contribution in [0.1, 0.15) is 29.3 Å². The molecule has 0 saturated carbocycles. The molecule has 0 spiro atoms. The molecule has 0 bridgehead atoms. The third-order valence-electron chi connectivity index (χ3n) is 5.55. The van der Waals surface area contributed by atoms with Crippen molar-refractivity contribution in [3.05, 3.63) is 59.1 Å². The van der Waals surface area contributed by atoms with Gasteiger partial charge in [-0.15, -0.1) is 11.3 Å². The van der Waals surface area contributed by atoms with Crippen LogP contribution in [0.3, 0.4) is 0 Å². The standard InChI is InChI=1S/C23H27N3O2S/c1-25(14-17-9-11-19(28-2)12-10-17)16-22(27)26-13-5-6-18(15-26)23-24-20-7-3-4-8-21(20)29-23/h3-4,7-12,18H,5-6,13-16H2,1-2H3/p+1/t18-/m1/s1. The first-order valence-electron chi connectivity index (χ1n) is 10.2. The number of likely N-dealkylation sites (N-methyl/N-ethyl adjacent to an activating group) is 1. The Morgan fingerprint density at radius 1 is 1.24 bits per heavy atom. The molecular formula is C23H28N3O2S+. The minimum atomic E-state index is 0.238. The van der Waals surface area contributed by atoms with Gasteiger partial charge in [0.25, 0.3) is 5.91 Å². The van der Waals surface area contributed by atoms with Crippen LogP contribution in [0.15, 0.2) is 48.5 Å². The lowest BCUT2D eigenvalue weighted by Crippen LogP contribution is -3.08. The van der Waals surface area contributed by atoms with Gasteiger partial charge in [0.05, 0.1) is 29.4 Å². The Hall–Kier alpha value is -2.44. The number of benzene rings is 2. The van der Waals surface area contributed by atoms with Crippen LogP contribution in [-0.4, -0.2) is 49.6 Å². The van der Waals surface area contributed by atoms with Crippen molar-refractivity contribution in [2.24, 2.45) is 0 Å². The van der Waals surface area contributed by atoms with E-state index in [1.807, 2.05) is 23.1 Å².